The predicted molar refractivity (Wildman–Crippen MR) is 72.6 cm³/mol. The van der Waals surface area contributed by atoms with Crippen molar-refractivity contribution in [2.45, 2.75) is 51.8 Å². The first-order chi connectivity index (χ1) is 9.20. The molecule has 2 saturated carbocycles. The monoisotopic (exact) mass is 262 g/mol. The standard InChI is InChI=1S/C15H22N2O2/c1-9-15(19)13(12(8-18)6-16-9)7-17-14(10-2-3-10)11-4-5-11/h6,10-11,14,17-19H,2-5,7-8H2,1H3. The second-order valence-electron chi connectivity index (χ2n) is 5.94. The highest BCUT2D eigenvalue weighted by Gasteiger charge is 2.41. The Hall–Kier alpha value is -1.13. The van der Waals surface area contributed by atoms with Crippen molar-refractivity contribution in [2.24, 2.45) is 11.8 Å². The Kier molecular flexibility index (Phi) is 3.46. The average molecular weight is 262 g/mol. The Morgan fingerprint density at radius 3 is 2.47 bits per heavy atom. The maximum absolute atomic E-state index is 10.1. The number of aliphatic hydroxyl groups excluding tert-OH is 1. The number of aryl methyl sites for hydroxylation is 1. The van der Waals surface area contributed by atoms with E-state index in [9.17, 15) is 10.2 Å². The van der Waals surface area contributed by atoms with E-state index in [0.29, 0.717) is 18.3 Å². The Morgan fingerprint density at radius 2 is 1.95 bits per heavy atom. The van der Waals surface area contributed by atoms with E-state index < -0.39 is 0 Å². The SMILES string of the molecule is Cc1ncc(CO)c(CNC(C2CC2)C2CC2)c1O. The molecule has 0 saturated heterocycles. The van der Waals surface area contributed by atoms with E-state index in [1.165, 1.54) is 25.7 Å². The number of nitrogens with one attached hydrogen (secondary N) is 1. The van der Waals surface area contributed by atoms with Crippen LogP contribution < -0.4 is 5.32 Å². The molecule has 4 nitrogen and oxygen atoms in total. The molecule has 2 fully saturated rings. The van der Waals surface area contributed by atoms with Crippen molar-refractivity contribution in [1.82, 2.24) is 10.3 Å². The summed E-state index contributed by atoms with van der Waals surface area (Å²) in [5.41, 5.74) is 2.16. The van der Waals surface area contributed by atoms with E-state index in [-0.39, 0.29) is 12.4 Å². The van der Waals surface area contributed by atoms with E-state index in [1.807, 2.05) is 0 Å². The number of pyridine rings is 1. The molecule has 0 spiro atoms. The van der Waals surface area contributed by atoms with Gasteiger partial charge in [-0.15, -0.1) is 0 Å². The van der Waals surface area contributed by atoms with Crippen molar-refractivity contribution < 1.29 is 10.2 Å². The minimum atomic E-state index is -0.0740. The van der Waals surface area contributed by atoms with Crippen molar-refractivity contribution in [3.63, 3.8) is 0 Å². The van der Waals surface area contributed by atoms with Crippen LogP contribution in [0.15, 0.2) is 6.20 Å². The van der Waals surface area contributed by atoms with Gasteiger partial charge in [0, 0.05) is 29.9 Å². The molecular formula is C15H22N2O2. The van der Waals surface area contributed by atoms with Crippen molar-refractivity contribution >= 4 is 0 Å². The van der Waals surface area contributed by atoms with Crippen LogP contribution >= 0.6 is 0 Å². The van der Waals surface area contributed by atoms with Crippen LogP contribution in [0.1, 0.15) is 42.5 Å². The zero-order valence-electron chi connectivity index (χ0n) is 11.4. The van der Waals surface area contributed by atoms with Gasteiger partial charge in [-0.25, -0.2) is 0 Å². The molecule has 19 heavy (non-hydrogen) atoms. The first-order valence-corrected chi connectivity index (χ1v) is 7.21. The highest BCUT2D eigenvalue weighted by Crippen LogP contribution is 2.44. The summed E-state index contributed by atoms with van der Waals surface area (Å²) in [5.74, 6) is 1.88. The van der Waals surface area contributed by atoms with E-state index in [4.69, 9.17) is 0 Å². The van der Waals surface area contributed by atoms with Gasteiger partial charge >= 0.3 is 0 Å². The van der Waals surface area contributed by atoms with Crippen molar-refractivity contribution in [2.75, 3.05) is 0 Å². The summed E-state index contributed by atoms with van der Waals surface area (Å²) >= 11 is 0. The summed E-state index contributed by atoms with van der Waals surface area (Å²) in [4.78, 5) is 4.09. The van der Waals surface area contributed by atoms with Crippen LogP contribution in [-0.4, -0.2) is 21.2 Å². The minimum absolute atomic E-state index is 0.0740. The van der Waals surface area contributed by atoms with Gasteiger partial charge in [-0.2, -0.15) is 0 Å². The van der Waals surface area contributed by atoms with Crippen LogP contribution in [0.5, 0.6) is 5.75 Å². The Labute approximate surface area is 113 Å². The topological polar surface area (TPSA) is 65.4 Å². The number of hydrogen-bond donors (Lipinski definition) is 3. The molecule has 2 aliphatic carbocycles. The van der Waals surface area contributed by atoms with Gasteiger partial charge in [0.05, 0.1) is 12.3 Å². The van der Waals surface area contributed by atoms with Crippen molar-refractivity contribution in [1.29, 1.82) is 0 Å². The van der Waals surface area contributed by atoms with Gasteiger partial charge in [-0.3, -0.25) is 4.98 Å². The molecule has 1 aromatic rings. The first-order valence-electron chi connectivity index (χ1n) is 7.21. The lowest BCUT2D eigenvalue weighted by molar-refractivity contribution is 0.278. The van der Waals surface area contributed by atoms with Gasteiger partial charge in [0.2, 0.25) is 0 Å². The number of aliphatic hydroxyl groups is 1. The molecule has 0 unspecified atom stereocenters. The minimum Gasteiger partial charge on any atom is -0.506 e. The van der Waals surface area contributed by atoms with Gasteiger partial charge in [0.15, 0.2) is 0 Å². The second-order valence-corrected chi connectivity index (χ2v) is 5.94. The number of rotatable bonds is 6. The third-order valence-electron chi connectivity index (χ3n) is 4.37. The summed E-state index contributed by atoms with van der Waals surface area (Å²) in [7, 11) is 0. The Bertz CT molecular complexity index is 455. The van der Waals surface area contributed by atoms with Crippen LogP contribution in [-0.2, 0) is 13.2 Å². The maximum Gasteiger partial charge on any atom is 0.141 e. The molecule has 0 bridgehead atoms. The Morgan fingerprint density at radius 1 is 1.32 bits per heavy atom. The van der Waals surface area contributed by atoms with E-state index >= 15 is 0 Å². The summed E-state index contributed by atoms with van der Waals surface area (Å²) in [6.07, 6.45) is 7.00. The lowest BCUT2D eigenvalue weighted by atomic mass is 10.0. The third-order valence-corrected chi connectivity index (χ3v) is 4.37. The molecule has 2 aliphatic rings. The molecule has 0 aliphatic heterocycles. The normalized spacial score (nSPS) is 19.1. The molecule has 1 heterocycles. The average Bonchev–Trinajstić information content (AvgIpc) is 3.27. The lowest BCUT2D eigenvalue weighted by Gasteiger charge is -2.19. The maximum atomic E-state index is 10.1. The molecule has 4 heteroatoms. The highest BCUT2D eigenvalue weighted by atomic mass is 16.3. The quantitative estimate of drug-likeness (QED) is 0.732. The van der Waals surface area contributed by atoms with Crippen LogP contribution in [0.4, 0.5) is 0 Å². The van der Waals surface area contributed by atoms with E-state index in [0.717, 1.165) is 23.0 Å². The molecule has 1 aromatic heterocycles. The molecule has 3 N–H and O–H groups in total. The molecule has 0 atom stereocenters. The summed E-state index contributed by atoms with van der Waals surface area (Å²) in [6, 6.07) is 0.597. The fourth-order valence-corrected chi connectivity index (χ4v) is 2.87. The molecular weight excluding hydrogens is 240 g/mol. The predicted octanol–water partition coefficient (Wildman–Crippen LogP) is 1.87. The van der Waals surface area contributed by atoms with Crippen molar-refractivity contribution in [3.05, 3.63) is 23.0 Å². The van der Waals surface area contributed by atoms with Gasteiger partial charge < -0.3 is 15.5 Å². The molecule has 104 valence electrons. The molecule has 0 aromatic carbocycles. The van der Waals surface area contributed by atoms with E-state index in [2.05, 4.69) is 10.3 Å². The van der Waals surface area contributed by atoms with Crippen LogP contribution in [0.25, 0.3) is 0 Å². The number of hydrogen-bond acceptors (Lipinski definition) is 4. The van der Waals surface area contributed by atoms with Gasteiger partial charge in [-0.1, -0.05) is 0 Å². The van der Waals surface area contributed by atoms with Crippen LogP contribution in [0, 0.1) is 18.8 Å². The van der Waals surface area contributed by atoms with Gasteiger partial charge in [0.25, 0.3) is 0 Å². The van der Waals surface area contributed by atoms with Gasteiger partial charge in [0.1, 0.15) is 5.75 Å². The van der Waals surface area contributed by atoms with Crippen LogP contribution in [0.3, 0.4) is 0 Å². The summed E-state index contributed by atoms with van der Waals surface area (Å²) < 4.78 is 0. The zero-order chi connectivity index (χ0) is 13.4. The smallest absolute Gasteiger partial charge is 0.141 e. The fraction of sp³-hybridized carbons (Fsp3) is 0.667. The van der Waals surface area contributed by atoms with Crippen LogP contribution in [0.2, 0.25) is 0 Å². The summed E-state index contributed by atoms with van der Waals surface area (Å²) in [6.45, 7) is 2.34. The third kappa shape index (κ3) is 2.74. The number of aromatic hydroxyl groups is 1. The fourth-order valence-electron chi connectivity index (χ4n) is 2.87. The number of aromatic nitrogens is 1. The largest absolute Gasteiger partial charge is 0.506 e. The molecule has 0 radical (unpaired) electrons. The highest BCUT2D eigenvalue weighted by molar-refractivity contribution is 5.40. The molecule has 0 amide bonds. The number of nitrogens with zero attached hydrogens (tertiary/aromatic N) is 1. The zero-order valence-corrected chi connectivity index (χ0v) is 11.4. The first kappa shape index (κ1) is 12.9. The lowest BCUT2D eigenvalue weighted by Crippen LogP contribution is -2.33. The van der Waals surface area contributed by atoms with Gasteiger partial charge in [-0.05, 0) is 44.4 Å². The molecule has 3 rings (SSSR count). The second kappa shape index (κ2) is 5.10. The van der Waals surface area contributed by atoms with Crippen molar-refractivity contribution in [3.8, 4) is 5.75 Å². The summed E-state index contributed by atoms with van der Waals surface area (Å²) in [5, 5.41) is 23.1. The Balaban J connectivity index is 1.73. The van der Waals surface area contributed by atoms with E-state index in [1.54, 1.807) is 13.1 Å².